The predicted molar refractivity (Wildman–Crippen MR) is 62.2 cm³/mol. The van der Waals surface area contributed by atoms with Crippen LogP contribution in [0.2, 0.25) is 0 Å². The molecule has 0 atom stereocenters. The lowest BCUT2D eigenvalue weighted by Crippen LogP contribution is -2.26. The van der Waals surface area contributed by atoms with Gasteiger partial charge in [-0.3, -0.25) is 0 Å². The number of nitrogens with one attached hydrogen (secondary N) is 1. The maximum absolute atomic E-state index is 13.6. The number of rotatable bonds is 1. The summed E-state index contributed by atoms with van der Waals surface area (Å²) in [5.74, 6) is -0.231. The number of anilines is 1. The largest absolute Gasteiger partial charge is 0.378 e. The van der Waals surface area contributed by atoms with Gasteiger partial charge in [0, 0.05) is 5.54 Å². The van der Waals surface area contributed by atoms with E-state index < -0.39 is 0 Å². The summed E-state index contributed by atoms with van der Waals surface area (Å²) in [5.41, 5.74) is 1.45. The summed E-state index contributed by atoms with van der Waals surface area (Å²) in [6.45, 7) is 7.95. The summed E-state index contributed by atoms with van der Waals surface area (Å²) < 4.78 is 14.1. The summed E-state index contributed by atoms with van der Waals surface area (Å²) in [7, 11) is 0. The summed E-state index contributed by atoms with van der Waals surface area (Å²) in [6, 6.07) is 3.58. The zero-order chi connectivity index (χ0) is 10.9. The van der Waals surface area contributed by atoms with Crippen molar-refractivity contribution >= 4 is 21.6 Å². The van der Waals surface area contributed by atoms with Crippen LogP contribution >= 0.6 is 15.9 Å². The molecule has 0 fully saturated rings. The average molecular weight is 260 g/mol. The first-order chi connectivity index (χ1) is 6.29. The van der Waals surface area contributed by atoms with E-state index in [0.29, 0.717) is 10.2 Å². The zero-order valence-corrected chi connectivity index (χ0v) is 10.5. The van der Waals surface area contributed by atoms with Crippen LogP contribution in [0.3, 0.4) is 0 Å². The maximum atomic E-state index is 13.6. The van der Waals surface area contributed by atoms with Crippen molar-refractivity contribution in [3.05, 3.63) is 28.0 Å². The second-order valence-electron chi connectivity index (χ2n) is 4.48. The van der Waals surface area contributed by atoms with Crippen LogP contribution in [0.15, 0.2) is 16.6 Å². The maximum Gasteiger partial charge on any atom is 0.160 e. The van der Waals surface area contributed by atoms with E-state index in [9.17, 15) is 4.39 Å². The minimum atomic E-state index is -0.231. The van der Waals surface area contributed by atoms with Crippen LogP contribution in [0.4, 0.5) is 10.1 Å². The summed E-state index contributed by atoms with van der Waals surface area (Å²) in [5, 5.41) is 3.13. The van der Waals surface area contributed by atoms with Gasteiger partial charge >= 0.3 is 0 Å². The van der Waals surface area contributed by atoms with Crippen LogP contribution in [0.5, 0.6) is 0 Å². The Bertz CT molecular complexity index is 342. The molecule has 0 aliphatic rings. The Balaban J connectivity index is 3.09. The smallest absolute Gasteiger partial charge is 0.160 e. The Labute approximate surface area is 92.8 Å². The van der Waals surface area contributed by atoms with Gasteiger partial charge in [-0.1, -0.05) is 0 Å². The molecule has 0 spiro atoms. The number of halogens is 2. The van der Waals surface area contributed by atoms with Crippen LogP contribution in [0.25, 0.3) is 0 Å². The number of benzene rings is 1. The Kier molecular flexibility index (Phi) is 3.20. The Hall–Kier alpha value is -0.570. The molecule has 0 amide bonds. The number of hydrogen-bond acceptors (Lipinski definition) is 1. The molecule has 0 bridgehead atoms. The van der Waals surface area contributed by atoms with Crippen molar-refractivity contribution in [2.75, 3.05) is 5.32 Å². The highest BCUT2D eigenvalue weighted by Gasteiger charge is 2.14. The van der Waals surface area contributed by atoms with Crippen molar-refractivity contribution in [2.24, 2.45) is 0 Å². The van der Waals surface area contributed by atoms with Crippen molar-refractivity contribution in [1.82, 2.24) is 0 Å². The van der Waals surface area contributed by atoms with Gasteiger partial charge in [0.05, 0.1) is 10.2 Å². The highest BCUT2D eigenvalue weighted by molar-refractivity contribution is 9.10. The minimum Gasteiger partial charge on any atom is -0.378 e. The van der Waals surface area contributed by atoms with Crippen LogP contribution in [0.1, 0.15) is 26.3 Å². The van der Waals surface area contributed by atoms with Gasteiger partial charge in [-0.15, -0.1) is 0 Å². The second-order valence-corrected chi connectivity index (χ2v) is 5.34. The third kappa shape index (κ3) is 2.98. The van der Waals surface area contributed by atoms with E-state index in [1.807, 2.05) is 33.8 Å². The quantitative estimate of drug-likeness (QED) is 0.801. The van der Waals surface area contributed by atoms with Gasteiger partial charge in [0.1, 0.15) is 0 Å². The fraction of sp³-hybridized carbons (Fsp3) is 0.455. The number of aryl methyl sites for hydroxylation is 1. The van der Waals surface area contributed by atoms with Crippen LogP contribution < -0.4 is 5.32 Å². The molecule has 0 aliphatic carbocycles. The van der Waals surface area contributed by atoms with E-state index in [1.54, 1.807) is 6.07 Å². The molecule has 0 saturated carbocycles. The molecule has 1 aromatic carbocycles. The van der Waals surface area contributed by atoms with E-state index in [1.165, 1.54) is 0 Å². The average Bonchev–Trinajstić information content (AvgIpc) is 1.96. The minimum absolute atomic E-state index is 0.131. The lowest BCUT2D eigenvalue weighted by Gasteiger charge is -2.23. The molecule has 0 radical (unpaired) electrons. The predicted octanol–water partition coefficient (Wildman–Crippen LogP) is 4.11. The van der Waals surface area contributed by atoms with Crippen molar-refractivity contribution in [2.45, 2.75) is 33.2 Å². The first-order valence-corrected chi connectivity index (χ1v) is 5.33. The topological polar surface area (TPSA) is 12.0 Å². The molecule has 1 N–H and O–H groups in total. The normalized spacial score (nSPS) is 11.6. The van der Waals surface area contributed by atoms with Crippen molar-refractivity contribution in [1.29, 1.82) is 0 Å². The zero-order valence-electron chi connectivity index (χ0n) is 8.91. The van der Waals surface area contributed by atoms with Gasteiger partial charge in [-0.25, -0.2) is 4.39 Å². The molecular weight excluding hydrogens is 245 g/mol. The van der Waals surface area contributed by atoms with Gasteiger partial charge in [-0.2, -0.15) is 0 Å². The van der Waals surface area contributed by atoms with Gasteiger partial charge in [-0.05, 0) is 61.3 Å². The molecule has 1 aromatic rings. The second kappa shape index (κ2) is 3.89. The molecule has 0 saturated heterocycles. The molecule has 0 unspecified atom stereocenters. The fourth-order valence-electron chi connectivity index (χ4n) is 1.22. The fourth-order valence-corrected chi connectivity index (χ4v) is 1.79. The third-order valence-corrected chi connectivity index (χ3v) is 2.26. The molecule has 0 aromatic heterocycles. The van der Waals surface area contributed by atoms with Gasteiger partial charge in [0.15, 0.2) is 5.82 Å². The SMILES string of the molecule is Cc1cc(Br)c(F)c(NC(C)(C)C)c1. The monoisotopic (exact) mass is 259 g/mol. The van der Waals surface area contributed by atoms with Gasteiger partial charge < -0.3 is 5.32 Å². The molecule has 0 heterocycles. The van der Waals surface area contributed by atoms with Crippen LogP contribution in [-0.2, 0) is 0 Å². The van der Waals surface area contributed by atoms with E-state index >= 15 is 0 Å². The van der Waals surface area contributed by atoms with E-state index in [-0.39, 0.29) is 11.4 Å². The molecule has 3 heteroatoms. The molecule has 78 valence electrons. The Morgan fingerprint density at radius 3 is 2.36 bits per heavy atom. The van der Waals surface area contributed by atoms with E-state index in [4.69, 9.17) is 0 Å². The highest BCUT2D eigenvalue weighted by Crippen LogP contribution is 2.26. The summed E-state index contributed by atoms with van der Waals surface area (Å²) in [6.07, 6.45) is 0. The van der Waals surface area contributed by atoms with Crippen LogP contribution in [0, 0.1) is 12.7 Å². The lowest BCUT2D eigenvalue weighted by molar-refractivity contribution is 0.594. The van der Waals surface area contributed by atoms with Crippen molar-refractivity contribution < 1.29 is 4.39 Å². The molecular formula is C11H15BrFN. The van der Waals surface area contributed by atoms with Gasteiger partial charge in [0.25, 0.3) is 0 Å². The molecule has 0 aliphatic heterocycles. The lowest BCUT2D eigenvalue weighted by atomic mass is 10.1. The first kappa shape index (κ1) is 11.5. The Morgan fingerprint density at radius 1 is 1.29 bits per heavy atom. The highest BCUT2D eigenvalue weighted by atomic mass is 79.9. The van der Waals surface area contributed by atoms with Crippen molar-refractivity contribution in [3.63, 3.8) is 0 Å². The Morgan fingerprint density at radius 2 is 1.86 bits per heavy atom. The molecule has 14 heavy (non-hydrogen) atoms. The third-order valence-electron chi connectivity index (χ3n) is 1.68. The summed E-state index contributed by atoms with van der Waals surface area (Å²) in [4.78, 5) is 0. The van der Waals surface area contributed by atoms with Crippen molar-refractivity contribution in [3.8, 4) is 0 Å². The molecule has 1 rings (SSSR count). The van der Waals surface area contributed by atoms with E-state index in [2.05, 4.69) is 21.2 Å². The van der Waals surface area contributed by atoms with Crippen LogP contribution in [-0.4, -0.2) is 5.54 Å². The summed E-state index contributed by atoms with van der Waals surface area (Å²) >= 11 is 3.19. The first-order valence-electron chi connectivity index (χ1n) is 4.53. The standard InChI is InChI=1S/C11H15BrFN/c1-7-5-8(12)10(13)9(6-7)14-11(2,3)4/h5-6,14H,1-4H3. The number of hydrogen-bond donors (Lipinski definition) is 1. The van der Waals surface area contributed by atoms with E-state index in [0.717, 1.165) is 5.56 Å². The molecule has 1 nitrogen and oxygen atoms in total. The van der Waals surface area contributed by atoms with Gasteiger partial charge in [0.2, 0.25) is 0 Å².